The van der Waals surface area contributed by atoms with E-state index in [1.807, 2.05) is 6.92 Å². The van der Waals surface area contributed by atoms with Crippen LogP contribution < -0.4 is 4.74 Å². The summed E-state index contributed by atoms with van der Waals surface area (Å²) in [5.74, 6) is -1.13. The quantitative estimate of drug-likeness (QED) is 0.527. The lowest BCUT2D eigenvalue weighted by atomic mass is 10.1. The molecule has 0 aliphatic heterocycles. The number of phenolic OH excluding ortho intramolecular Hbond substituents is 1. The summed E-state index contributed by atoms with van der Waals surface area (Å²) < 4.78 is 5.43. The maximum absolute atomic E-state index is 11.1. The van der Waals surface area contributed by atoms with Crippen molar-refractivity contribution in [2.24, 2.45) is 4.99 Å². The van der Waals surface area contributed by atoms with E-state index in [0.717, 1.165) is 0 Å². The van der Waals surface area contributed by atoms with Gasteiger partial charge in [0.15, 0.2) is 11.5 Å². The SMILES string of the molecule is C=CCc1cc(C=Nc2ccc(O)c(C(=O)O)c2)cc(OCC)c1O. The molecule has 0 saturated heterocycles. The average Bonchev–Trinajstić information content (AvgIpc) is 2.58. The molecule has 0 unspecified atom stereocenters. The van der Waals surface area contributed by atoms with Crippen molar-refractivity contribution in [3.63, 3.8) is 0 Å². The summed E-state index contributed by atoms with van der Waals surface area (Å²) in [5, 5.41) is 28.7. The van der Waals surface area contributed by atoms with Gasteiger partial charge in [0.2, 0.25) is 0 Å². The van der Waals surface area contributed by atoms with Gasteiger partial charge in [-0.2, -0.15) is 0 Å². The molecular weight excluding hydrogens is 322 g/mol. The number of hydrogen-bond acceptors (Lipinski definition) is 5. The molecule has 130 valence electrons. The third kappa shape index (κ3) is 4.38. The van der Waals surface area contributed by atoms with Crippen LogP contribution in [0, 0.1) is 0 Å². The Bertz CT molecular complexity index is 827. The number of carbonyl (C=O) groups is 1. The van der Waals surface area contributed by atoms with Gasteiger partial charge in [-0.05, 0) is 49.2 Å². The number of benzene rings is 2. The molecule has 0 aliphatic carbocycles. The molecule has 2 aromatic rings. The van der Waals surface area contributed by atoms with Crippen LogP contribution in [0.2, 0.25) is 0 Å². The summed E-state index contributed by atoms with van der Waals surface area (Å²) in [7, 11) is 0. The van der Waals surface area contributed by atoms with Crippen LogP contribution in [-0.2, 0) is 6.42 Å². The van der Waals surface area contributed by atoms with Crippen molar-refractivity contribution in [2.75, 3.05) is 6.61 Å². The smallest absolute Gasteiger partial charge is 0.339 e. The van der Waals surface area contributed by atoms with Gasteiger partial charge in [0.05, 0.1) is 12.3 Å². The van der Waals surface area contributed by atoms with Crippen LogP contribution in [0.1, 0.15) is 28.4 Å². The third-order valence-electron chi connectivity index (χ3n) is 3.41. The molecule has 6 nitrogen and oxygen atoms in total. The first-order valence-electron chi connectivity index (χ1n) is 7.66. The fraction of sp³-hybridized carbons (Fsp3) is 0.158. The van der Waals surface area contributed by atoms with Gasteiger partial charge in [-0.25, -0.2) is 4.79 Å². The molecule has 3 N–H and O–H groups in total. The molecule has 0 amide bonds. The second kappa shape index (κ2) is 8.01. The van der Waals surface area contributed by atoms with Crippen molar-refractivity contribution >= 4 is 17.9 Å². The highest BCUT2D eigenvalue weighted by molar-refractivity contribution is 5.92. The third-order valence-corrected chi connectivity index (χ3v) is 3.41. The van der Waals surface area contributed by atoms with Crippen molar-refractivity contribution < 1.29 is 24.9 Å². The van der Waals surface area contributed by atoms with Crippen molar-refractivity contribution in [3.8, 4) is 17.2 Å². The molecule has 25 heavy (non-hydrogen) atoms. The number of hydrogen-bond donors (Lipinski definition) is 3. The van der Waals surface area contributed by atoms with Crippen LogP contribution in [-0.4, -0.2) is 34.1 Å². The molecule has 0 atom stereocenters. The lowest BCUT2D eigenvalue weighted by Gasteiger charge is -2.10. The van der Waals surface area contributed by atoms with Gasteiger partial charge in [-0.1, -0.05) is 6.08 Å². The van der Waals surface area contributed by atoms with Crippen LogP contribution in [0.5, 0.6) is 17.2 Å². The molecule has 0 spiro atoms. The molecule has 0 heterocycles. The Morgan fingerprint density at radius 2 is 2.04 bits per heavy atom. The van der Waals surface area contributed by atoms with E-state index in [9.17, 15) is 15.0 Å². The molecule has 0 aromatic heterocycles. The molecule has 0 bridgehead atoms. The zero-order chi connectivity index (χ0) is 18.4. The number of aliphatic imine (C=N–C) groups is 1. The van der Waals surface area contributed by atoms with Gasteiger partial charge in [-0.3, -0.25) is 4.99 Å². The number of carboxylic acids is 1. The van der Waals surface area contributed by atoms with Gasteiger partial charge in [0, 0.05) is 11.8 Å². The molecule has 2 rings (SSSR count). The maximum Gasteiger partial charge on any atom is 0.339 e. The predicted molar refractivity (Wildman–Crippen MR) is 95.5 cm³/mol. The Morgan fingerprint density at radius 3 is 2.68 bits per heavy atom. The first-order chi connectivity index (χ1) is 12.0. The van der Waals surface area contributed by atoms with E-state index < -0.39 is 5.97 Å². The molecule has 0 aliphatic rings. The zero-order valence-corrected chi connectivity index (χ0v) is 13.8. The maximum atomic E-state index is 11.1. The highest BCUT2D eigenvalue weighted by atomic mass is 16.5. The van der Waals surface area contributed by atoms with Gasteiger partial charge in [0.1, 0.15) is 11.3 Å². The first kappa shape index (κ1) is 18.1. The fourth-order valence-electron chi connectivity index (χ4n) is 2.27. The molecule has 0 fully saturated rings. The Labute approximate surface area is 145 Å². The Kier molecular flexibility index (Phi) is 5.79. The molecule has 6 heteroatoms. The van der Waals surface area contributed by atoms with E-state index >= 15 is 0 Å². The number of phenols is 2. The Hall–Kier alpha value is -3.28. The minimum atomic E-state index is -1.23. The molecule has 0 radical (unpaired) electrons. The fourth-order valence-corrected chi connectivity index (χ4v) is 2.27. The Morgan fingerprint density at radius 1 is 1.28 bits per heavy atom. The van der Waals surface area contributed by atoms with Gasteiger partial charge >= 0.3 is 5.97 Å². The Balaban J connectivity index is 2.38. The normalized spacial score (nSPS) is 10.8. The summed E-state index contributed by atoms with van der Waals surface area (Å²) in [6, 6.07) is 7.46. The zero-order valence-electron chi connectivity index (χ0n) is 13.8. The minimum Gasteiger partial charge on any atom is -0.507 e. The van der Waals surface area contributed by atoms with Crippen LogP contribution >= 0.6 is 0 Å². The van der Waals surface area contributed by atoms with Crippen LogP contribution in [0.25, 0.3) is 0 Å². The van der Waals surface area contributed by atoms with Gasteiger partial charge < -0.3 is 20.1 Å². The summed E-state index contributed by atoms with van der Waals surface area (Å²) in [4.78, 5) is 15.3. The molecule has 2 aromatic carbocycles. The lowest BCUT2D eigenvalue weighted by molar-refractivity contribution is 0.0693. The number of aromatic hydroxyl groups is 2. The number of ether oxygens (including phenoxy) is 1. The highest BCUT2D eigenvalue weighted by Crippen LogP contribution is 2.32. The van der Waals surface area contributed by atoms with Crippen molar-refractivity contribution in [2.45, 2.75) is 13.3 Å². The minimum absolute atomic E-state index is 0.0664. The number of aromatic carboxylic acids is 1. The summed E-state index contributed by atoms with van der Waals surface area (Å²) in [6.45, 7) is 5.89. The second-order valence-corrected chi connectivity index (χ2v) is 5.22. The average molecular weight is 341 g/mol. The van der Waals surface area contributed by atoms with Crippen molar-refractivity contribution in [1.82, 2.24) is 0 Å². The van der Waals surface area contributed by atoms with Gasteiger partial charge in [0.25, 0.3) is 0 Å². The van der Waals surface area contributed by atoms with E-state index in [2.05, 4.69) is 11.6 Å². The van der Waals surface area contributed by atoms with Crippen molar-refractivity contribution in [3.05, 3.63) is 59.7 Å². The number of carboxylic acid groups (broad SMARTS) is 1. The van der Waals surface area contributed by atoms with Crippen LogP contribution in [0.4, 0.5) is 5.69 Å². The van der Waals surface area contributed by atoms with Crippen molar-refractivity contribution in [1.29, 1.82) is 0 Å². The molecular formula is C19H19NO5. The van der Waals surface area contributed by atoms with E-state index in [1.54, 1.807) is 18.2 Å². The summed E-state index contributed by atoms with van der Waals surface area (Å²) in [5.41, 5.74) is 1.50. The highest BCUT2D eigenvalue weighted by Gasteiger charge is 2.11. The van der Waals surface area contributed by atoms with E-state index in [4.69, 9.17) is 9.84 Å². The number of allylic oxidation sites excluding steroid dienone is 1. The predicted octanol–water partition coefficient (Wildman–Crippen LogP) is 3.67. The molecule has 0 saturated carbocycles. The lowest BCUT2D eigenvalue weighted by Crippen LogP contribution is -1.97. The second-order valence-electron chi connectivity index (χ2n) is 5.22. The number of rotatable bonds is 7. The van der Waals surface area contributed by atoms with E-state index in [-0.39, 0.29) is 17.1 Å². The standard InChI is InChI=1S/C19H19NO5/c1-3-5-13-8-12(9-17(18(13)22)25-4-2)11-20-14-6-7-16(21)15(10-14)19(23)24/h3,6-11,21-22H,1,4-5H2,2H3,(H,23,24). The van der Waals surface area contributed by atoms with E-state index in [0.29, 0.717) is 35.6 Å². The van der Waals surface area contributed by atoms with Crippen LogP contribution in [0.3, 0.4) is 0 Å². The topological polar surface area (TPSA) is 99.4 Å². The summed E-state index contributed by atoms with van der Waals surface area (Å²) in [6.07, 6.45) is 3.67. The number of nitrogens with zero attached hydrogens (tertiary/aromatic N) is 1. The van der Waals surface area contributed by atoms with E-state index in [1.165, 1.54) is 24.4 Å². The summed E-state index contributed by atoms with van der Waals surface area (Å²) >= 11 is 0. The van der Waals surface area contributed by atoms with Gasteiger partial charge in [-0.15, -0.1) is 6.58 Å². The largest absolute Gasteiger partial charge is 0.507 e. The first-order valence-corrected chi connectivity index (χ1v) is 7.66. The monoisotopic (exact) mass is 341 g/mol. The van der Waals surface area contributed by atoms with Crippen LogP contribution in [0.15, 0.2) is 48.0 Å².